The van der Waals surface area contributed by atoms with Gasteiger partial charge in [0.2, 0.25) is 0 Å². The minimum atomic E-state index is -0.443. The third kappa shape index (κ3) is 3.54. The van der Waals surface area contributed by atoms with Crippen molar-refractivity contribution in [3.8, 4) is 0 Å². The van der Waals surface area contributed by atoms with Gasteiger partial charge in [0.1, 0.15) is 0 Å². The van der Waals surface area contributed by atoms with Gasteiger partial charge in [-0.3, -0.25) is 20.4 Å². The van der Waals surface area contributed by atoms with Gasteiger partial charge in [0.15, 0.2) is 0 Å². The van der Waals surface area contributed by atoms with Crippen molar-refractivity contribution >= 4 is 23.4 Å². The molecule has 0 unspecified atom stereocenters. The summed E-state index contributed by atoms with van der Waals surface area (Å²) in [7, 11) is 0. The first-order valence-corrected chi connectivity index (χ1v) is 8.00. The fourth-order valence-electron chi connectivity index (χ4n) is 2.77. The standard InChI is InChI=1S/C18H17ClN2O2/c19-16-8-4-3-7-15(16)18(23)21-20-17(22)14-10-9-12-5-1-2-6-13(12)11-14/h3-4,7-11H,1-2,5-6H2,(H,20,22)(H,21,23). The van der Waals surface area contributed by atoms with E-state index in [0.29, 0.717) is 16.1 Å². The van der Waals surface area contributed by atoms with Crippen LogP contribution in [0.4, 0.5) is 0 Å². The lowest BCUT2D eigenvalue weighted by Crippen LogP contribution is -2.41. The average molecular weight is 329 g/mol. The van der Waals surface area contributed by atoms with Crippen molar-refractivity contribution in [1.29, 1.82) is 0 Å². The zero-order valence-corrected chi connectivity index (χ0v) is 13.3. The maximum atomic E-state index is 12.2. The lowest BCUT2D eigenvalue weighted by Gasteiger charge is -2.16. The van der Waals surface area contributed by atoms with E-state index in [9.17, 15) is 9.59 Å². The first kappa shape index (κ1) is 15.6. The number of carbonyl (C=O) groups excluding carboxylic acids is 2. The molecule has 0 fully saturated rings. The first-order chi connectivity index (χ1) is 11.1. The Morgan fingerprint density at radius 2 is 1.57 bits per heavy atom. The largest absolute Gasteiger partial charge is 0.271 e. The lowest BCUT2D eigenvalue weighted by atomic mass is 9.90. The average Bonchev–Trinajstić information content (AvgIpc) is 2.59. The molecule has 2 N–H and O–H groups in total. The maximum absolute atomic E-state index is 12.2. The molecule has 0 heterocycles. The normalized spacial score (nSPS) is 13.1. The van der Waals surface area contributed by atoms with Gasteiger partial charge in [-0.05, 0) is 61.1 Å². The molecule has 0 radical (unpaired) electrons. The number of fused-ring (bicyclic) bond motifs is 1. The van der Waals surface area contributed by atoms with Gasteiger partial charge in [0, 0.05) is 5.56 Å². The molecule has 3 rings (SSSR count). The zero-order valence-electron chi connectivity index (χ0n) is 12.6. The third-order valence-electron chi connectivity index (χ3n) is 4.02. The fourth-order valence-corrected chi connectivity index (χ4v) is 2.99. The molecule has 118 valence electrons. The van der Waals surface area contributed by atoms with Crippen LogP contribution in [0.3, 0.4) is 0 Å². The Morgan fingerprint density at radius 3 is 2.35 bits per heavy atom. The van der Waals surface area contributed by atoms with Crippen molar-refractivity contribution in [3.05, 3.63) is 69.7 Å². The van der Waals surface area contributed by atoms with Gasteiger partial charge in [0.25, 0.3) is 11.8 Å². The molecule has 5 heteroatoms. The van der Waals surface area contributed by atoms with Crippen molar-refractivity contribution in [1.82, 2.24) is 10.9 Å². The van der Waals surface area contributed by atoms with E-state index < -0.39 is 5.91 Å². The highest BCUT2D eigenvalue weighted by molar-refractivity contribution is 6.33. The predicted octanol–water partition coefficient (Wildman–Crippen LogP) is 3.29. The van der Waals surface area contributed by atoms with Crippen molar-refractivity contribution < 1.29 is 9.59 Å². The monoisotopic (exact) mass is 328 g/mol. The van der Waals surface area contributed by atoms with E-state index >= 15 is 0 Å². The molecule has 4 nitrogen and oxygen atoms in total. The molecule has 0 aromatic heterocycles. The number of hydrogen-bond donors (Lipinski definition) is 2. The summed E-state index contributed by atoms with van der Waals surface area (Å²) in [6, 6.07) is 12.4. The minimum Gasteiger partial charge on any atom is -0.267 e. The number of aryl methyl sites for hydroxylation is 2. The van der Waals surface area contributed by atoms with Crippen molar-refractivity contribution in [3.63, 3.8) is 0 Å². The zero-order chi connectivity index (χ0) is 16.2. The Hall–Kier alpha value is -2.33. The molecule has 0 saturated heterocycles. The molecule has 0 saturated carbocycles. The molecular formula is C18H17ClN2O2. The predicted molar refractivity (Wildman–Crippen MR) is 89.5 cm³/mol. The molecule has 0 aliphatic heterocycles. The van der Waals surface area contributed by atoms with Crippen LogP contribution >= 0.6 is 11.6 Å². The highest BCUT2D eigenvalue weighted by atomic mass is 35.5. The second-order valence-corrected chi connectivity index (χ2v) is 5.99. The van der Waals surface area contributed by atoms with Crippen LogP contribution in [0.15, 0.2) is 42.5 Å². The molecular weight excluding hydrogens is 312 g/mol. The summed E-state index contributed by atoms with van der Waals surface area (Å²) in [5.74, 6) is -0.777. The van der Waals surface area contributed by atoms with Gasteiger partial charge in [0.05, 0.1) is 10.6 Å². The summed E-state index contributed by atoms with van der Waals surface area (Å²) in [5.41, 5.74) is 8.23. The van der Waals surface area contributed by atoms with Crippen LogP contribution in [0.1, 0.15) is 44.7 Å². The van der Waals surface area contributed by atoms with E-state index in [2.05, 4.69) is 10.9 Å². The van der Waals surface area contributed by atoms with E-state index in [1.165, 1.54) is 17.5 Å². The molecule has 2 amide bonds. The van der Waals surface area contributed by atoms with Crippen LogP contribution in [0.25, 0.3) is 0 Å². The van der Waals surface area contributed by atoms with Gasteiger partial charge in [-0.15, -0.1) is 0 Å². The Kier molecular flexibility index (Phi) is 4.63. The van der Waals surface area contributed by atoms with Crippen molar-refractivity contribution in [2.24, 2.45) is 0 Å². The van der Waals surface area contributed by atoms with Gasteiger partial charge in [-0.25, -0.2) is 0 Å². The van der Waals surface area contributed by atoms with E-state index in [0.717, 1.165) is 19.3 Å². The van der Waals surface area contributed by atoms with Gasteiger partial charge < -0.3 is 0 Å². The number of amides is 2. The van der Waals surface area contributed by atoms with Crippen molar-refractivity contribution in [2.45, 2.75) is 25.7 Å². The number of carbonyl (C=O) groups is 2. The third-order valence-corrected chi connectivity index (χ3v) is 4.35. The van der Waals surface area contributed by atoms with Gasteiger partial charge in [-0.1, -0.05) is 29.8 Å². The Bertz CT molecular complexity index is 758. The van der Waals surface area contributed by atoms with Crippen LogP contribution in [-0.4, -0.2) is 11.8 Å². The summed E-state index contributed by atoms with van der Waals surface area (Å²) in [4.78, 5) is 24.2. The SMILES string of the molecule is O=C(NNC(=O)c1ccccc1Cl)c1ccc2c(c1)CCCC2. The minimum absolute atomic E-state index is 0.319. The van der Waals surface area contributed by atoms with Crippen LogP contribution in [0, 0.1) is 0 Å². The lowest BCUT2D eigenvalue weighted by molar-refractivity contribution is 0.0846. The molecule has 2 aromatic rings. The summed E-state index contributed by atoms with van der Waals surface area (Å²) < 4.78 is 0. The van der Waals surface area contributed by atoms with Gasteiger partial charge >= 0.3 is 0 Å². The number of benzene rings is 2. The molecule has 23 heavy (non-hydrogen) atoms. The Morgan fingerprint density at radius 1 is 0.870 bits per heavy atom. The molecule has 2 aromatic carbocycles. The molecule has 0 bridgehead atoms. The number of nitrogens with one attached hydrogen (secondary N) is 2. The summed E-state index contributed by atoms with van der Waals surface area (Å²) in [6.07, 6.45) is 4.43. The number of halogens is 1. The fraction of sp³-hybridized carbons (Fsp3) is 0.222. The van der Waals surface area contributed by atoms with Crippen LogP contribution in [-0.2, 0) is 12.8 Å². The number of hydrogen-bond acceptors (Lipinski definition) is 2. The smallest absolute Gasteiger partial charge is 0.267 e. The Labute approximate surface area is 139 Å². The maximum Gasteiger partial charge on any atom is 0.271 e. The van der Waals surface area contributed by atoms with Gasteiger partial charge in [-0.2, -0.15) is 0 Å². The summed E-state index contributed by atoms with van der Waals surface area (Å²) in [5, 5.41) is 0.341. The highest BCUT2D eigenvalue weighted by Gasteiger charge is 2.14. The molecule has 1 aliphatic carbocycles. The van der Waals surface area contributed by atoms with E-state index in [-0.39, 0.29) is 5.91 Å². The first-order valence-electron chi connectivity index (χ1n) is 7.62. The second-order valence-electron chi connectivity index (χ2n) is 5.58. The summed E-state index contributed by atoms with van der Waals surface area (Å²) >= 11 is 5.96. The summed E-state index contributed by atoms with van der Waals surface area (Å²) in [6.45, 7) is 0. The second kappa shape index (κ2) is 6.84. The molecule has 0 atom stereocenters. The Balaban J connectivity index is 1.66. The number of rotatable bonds is 2. The van der Waals surface area contributed by atoms with Crippen LogP contribution < -0.4 is 10.9 Å². The number of hydrazine groups is 1. The van der Waals surface area contributed by atoms with Crippen LogP contribution in [0.5, 0.6) is 0 Å². The van der Waals surface area contributed by atoms with E-state index in [1.807, 2.05) is 12.1 Å². The van der Waals surface area contributed by atoms with E-state index in [4.69, 9.17) is 11.6 Å². The molecule has 1 aliphatic rings. The topological polar surface area (TPSA) is 58.2 Å². The highest BCUT2D eigenvalue weighted by Crippen LogP contribution is 2.22. The quantitative estimate of drug-likeness (QED) is 0.831. The van der Waals surface area contributed by atoms with Crippen molar-refractivity contribution in [2.75, 3.05) is 0 Å². The van der Waals surface area contributed by atoms with E-state index in [1.54, 1.807) is 30.3 Å². The van der Waals surface area contributed by atoms with Crippen LogP contribution in [0.2, 0.25) is 5.02 Å². The molecule has 0 spiro atoms.